The molecule has 0 spiro atoms. The van der Waals surface area contributed by atoms with Crippen molar-refractivity contribution in [1.82, 2.24) is 9.80 Å². The molecule has 0 aliphatic carbocycles. The summed E-state index contributed by atoms with van der Waals surface area (Å²) in [5.41, 5.74) is 0.564. The van der Waals surface area contributed by atoms with Gasteiger partial charge in [0.15, 0.2) is 0 Å². The number of morpholine rings is 1. The third-order valence-electron chi connectivity index (χ3n) is 5.56. The summed E-state index contributed by atoms with van der Waals surface area (Å²) in [4.78, 5) is 30.8. The van der Waals surface area contributed by atoms with Crippen LogP contribution in [0.25, 0.3) is 16.5 Å². The molecule has 2 aliphatic rings. The molecule has 1 aromatic carbocycles. The predicted octanol–water partition coefficient (Wildman–Crippen LogP) is 3.66. The van der Waals surface area contributed by atoms with E-state index in [1.807, 2.05) is 23.1 Å². The van der Waals surface area contributed by atoms with Crippen LogP contribution in [0.2, 0.25) is 0 Å². The monoisotopic (exact) mass is 428 g/mol. The lowest BCUT2D eigenvalue weighted by Crippen LogP contribution is -2.49. The van der Waals surface area contributed by atoms with Crippen LogP contribution in [0, 0.1) is 11.7 Å². The number of benzene rings is 1. The molecule has 0 saturated carbocycles. The number of likely N-dealkylation sites (tertiary alicyclic amines) is 1. The minimum Gasteiger partial charge on any atom is -0.378 e. The van der Waals surface area contributed by atoms with E-state index in [1.54, 1.807) is 29.2 Å². The van der Waals surface area contributed by atoms with Crippen molar-refractivity contribution in [3.63, 3.8) is 0 Å². The number of amides is 2. The van der Waals surface area contributed by atoms with Crippen LogP contribution >= 0.6 is 11.3 Å². The van der Waals surface area contributed by atoms with E-state index in [4.69, 9.17) is 4.74 Å². The number of carbonyl (C=O) groups is 2. The molecule has 4 rings (SSSR count). The van der Waals surface area contributed by atoms with Crippen LogP contribution in [0.4, 0.5) is 4.39 Å². The normalized spacial score (nSPS) is 20.0. The molecule has 2 aromatic rings. The quantitative estimate of drug-likeness (QED) is 0.699. The minimum atomic E-state index is -0.254. The van der Waals surface area contributed by atoms with Gasteiger partial charge in [-0.15, -0.1) is 11.3 Å². The maximum Gasteiger partial charge on any atom is 0.246 e. The number of hydrogen-bond donors (Lipinski definition) is 0. The Hall–Kier alpha value is -2.51. The second-order valence-corrected chi connectivity index (χ2v) is 8.69. The maximum absolute atomic E-state index is 14.0. The Morgan fingerprint density at radius 2 is 1.87 bits per heavy atom. The van der Waals surface area contributed by atoms with Crippen LogP contribution in [0.1, 0.15) is 17.7 Å². The molecule has 2 saturated heterocycles. The van der Waals surface area contributed by atoms with Crippen LogP contribution in [-0.4, -0.2) is 61.0 Å². The Labute approximate surface area is 179 Å². The highest BCUT2D eigenvalue weighted by Crippen LogP contribution is 2.30. The van der Waals surface area contributed by atoms with Gasteiger partial charge in [0.25, 0.3) is 0 Å². The zero-order valence-corrected chi connectivity index (χ0v) is 17.6. The fourth-order valence-electron chi connectivity index (χ4n) is 3.93. The van der Waals surface area contributed by atoms with E-state index in [1.165, 1.54) is 17.4 Å². The Balaban J connectivity index is 1.37. The first-order valence-corrected chi connectivity index (χ1v) is 11.1. The van der Waals surface area contributed by atoms with Gasteiger partial charge < -0.3 is 14.5 Å². The molecule has 2 fully saturated rings. The zero-order chi connectivity index (χ0) is 20.9. The molecule has 30 heavy (non-hydrogen) atoms. The lowest BCUT2D eigenvalue weighted by molar-refractivity contribution is -0.143. The van der Waals surface area contributed by atoms with Crippen molar-refractivity contribution in [3.8, 4) is 10.4 Å². The summed E-state index contributed by atoms with van der Waals surface area (Å²) >= 11 is 1.44. The summed E-state index contributed by atoms with van der Waals surface area (Å²) in [6, 6.07) is 10.4. The van der Waals surface area contributed by atoms with Gasteiger partial charge in [0.05, 0.1) is 19.1 Å². The first-order chi connectivity index (χ1) is 14.6. The van der Waals surface area contributed by atoms with E-state index in [2.05, 4.69) is 0 Å². The number of halogens is 1. The molecule has 1 aromatic heterocycles. The summed E-state index contributed by atoms with van der Waals surface area (Å²) in [6.07, 6.45) is 4.97. The summed E-state index contributed by atoms with van der Waals surface area (Å²) in [5.74, 6) is -0.346. The van der Waals surface area contributed by atoms with Crippen molar-refractivity contribution in [1.29, 1.82) is 0 Å². The van der Waals surface area contributed by atoms with Crippen LogP contribution in [-0.2, 0) is 14.3 Å². The highest BCUT2D eigenvalue weighted by atomic mass is 32.1. The molecule has 0 radical (unpaired) electrons. The molecule has 2 amide bonds. The van der Waals surface area contributed by atoms with Gasteiger partial charge in [-0.25, -0.2) is 4.39 Å². The highest BCUT2D eigenvalue weighted by molar-refractivity contribution is 7.16. The first kappa shape index (κ1) is 20.8. The number of ether oxygens (including phenoxy) is 1. The topological polar surface area (TPSA) is 49.9 Å². The third-order valence-corrected chi connectivity index (χ3v) is 6.65. The van der Waals surface area contributed by atoms with Crippen molar-refractivity contribution < 1.29 is 18.7 Å². The van der Waals surface area contributed by atoms with E-state index in [0.29, 0.717) is 45.0 Å². The number of thiophene rings is 1. The fraction of sp³-hybridized carbons (Fsp3) is 0.391. The van der Waals surface area contributed by atoms with Crippen molar-refractivity contribution in [2.75, 3.05) is 39.4 Å². The van der Waals surface area contributed by atoms with Crippen LogP contribution < -0.4 is 0 Å². The number of carbonyl (C=O) groups excluding carboxylic acids is 2. The van der Waals surface area contributed by atoms with Gasteiger partial charge in [0.1, 0.15) is 5.82 Å². The average Bonchev–Trinajstić information content (AvgIpc) is 3.27. The Morgan fingerprint density at radius 3 is 2.67 bits per heavy atom. The largest absolute Gasteiger partial charge is 0.378 e. The number of hydrogen-bond acceptors (Lipinski definition) is 4. The predicted molar refractivity (Wildman–Crippen MR) is 115 cm³/mol. The van der Waals surface area contributed by atoms with Gasteiger partial charge in [0, 0.05) is 47.6 Å². The molecule has 3 heterocycles. The lowest BCUT2D eigenvalue weighted by atomic mass is 9.96. The third kappa shape index (κ3) is 4.79. The van der Waals surface area contributed by atoms with Gasteiger partial charge in [-0.05, 0) is 37.1 Å². The van der Waals surface area contributed by atoms with E-state index >= 15 is 0 Å². The number of piperidine rings is 1. The second kappa shape index (κ2) is 9.53. The standard InChI is InChI=1S/C23H25FN2O3S/c24-20-6-2-1-5-19(20)21-9-7-18(30-21)8-10-22(27)26-11-3-4-17(16-26)23(28)25-12-14-29-15-13-25/h1-2,5-10,17H,3-4,11-16H2/b10-8+. The smallest absolute Gasteiger partial charge is 0.246 e. The van der Waals surface area contributed by atoms with Gasteiger partial charge in [-0.3, -0.25) is 9.59 Å². The minimum absolute atomic E-state index is 0.0877. The van der Waals surface area contributed by atoms with Crippen molar-refractivity contribution in [2.24, 2.45) is 5.92 Å². The number of nitrogens with zero attached hydrogens (tertiary/aromatic N) is 2. The molecular weight excluding hydrogens is 403 g/mol. The second-order valence-electron chi connectivity index (χ2n) is 7.58. The molecule has 7 heteroatoms. The van der Waals surface area contributed by atoms with Crippen molar-refractivity contribution in [2.45, 2.75) is 12.8 Å². The molecule has 0 bridgehead atoms. The van der Waals surface area contributed by atoms with Gasteiger partial charge in [-0.2, -0.15) is 0 Å². The van der Waals surface area contributed by atoms with E-state index < -0.39 is 0 Å². The van der Waals surface area contributed by atoms with Crippen LogP contribution in [0.15, 0.2) is 42.5 Å². The van der Waals surface area contributed by atoms with Crippen molar-refractivity contribution in [3.05, 3.63) is 53.2 Å². The molecule has 158 valence electrons. The van der Waals surface area contributed by atoms with E-state index in [0.717, 1.165) is 22.6 Å². The lowest BCUT2D eigenvalue weighted by Gasteiger charge is -2.35. The highest BCUT2D eigenvalue weighted by Gasteiger charge is 2.31. The molecule has 0 N–H and O–H groups in total. The molecule has 2 aliphatic heterocycles. The summed E-state index contributed by atoms with van der Waals surface area (Å²) < 4.78 is 19.3. The van der Waals surface area contributed by atoms with Crippen molar-refractivity contribution >= 4 is 29.2 Å². The zero-order valence-electron chi connectivity index (χ0n) is 16.8. The Kier molecular flexibility index (Phi) is 6.59. The summed E-state index contributed by atoms with van der Waals surface area (Å²) in [6.45, 7) is 3.56. The van der Waals surface area contributed by atoms with Gasteiger partial charge >= 0.3 is 0 Å². The SMILES string of the molecule is O=C(/C=C/c1ccc(-c2ccccc2F)s1)N1CCCC(C(=O)N2CCOCC2)C1. The van der Waals surface area contributed by atoms with Gasteiger partial charge in [-0.1, -0.05) is 18.2 Å². The Bertz CT molecular complexity index is 936. The summed E-state index contributed by atoms with van der Waals surface area (Å²) in [7, 11) is 0. The van der Waals surface area contributed by atoms with Gasteiger partial charge in [0.2, 0.25) is 11.8 Å². The van der Waals surface area contributed by atoms with Crippen LogP contribution in [0.5, 0.6) is 0 Å². The number of rotatable bonds is 4. The fourth-order valence-corrected chi connectivity index (χ4v) is 4.87. The van der Waals surface area contributed by atoms with E-state index in [-0.39, 0.29) is 23.5 Å². The average molecular weight is 429 g/mol. The van der Waals surface area contributed by atoms with Crippen LogP contribution in [0.3, 0.4) is 0 Å². The maximum atomic E-state index is 14.0. The molecule has 5 nitrogen and oxygen atoms in total. The Morgan fingerprint density at radius 1 is 1.07 bits per heavy atom. The molecular formula is C23H25FN2O3S. The van der Waals surface area contributed by atoms with E-state index in [9.17, 15) is 14.0 Å². The summed E-state index contributed by atoms with van der Waals surface area (Å²) in [5, 5.41) is 0. The molecule has 1 unspecified atom stereocenters. The molecule has 1 atom stereocenters. The first-order valence-electron chi connectivity index (χ1n) is 10.3.